The summed E-state index contributed by atoms with van der Waals surface area (Å²) in [6, 6.07) is 7.86. The van der Waals surface area contributed by atoms with Gasteiger partial charge in [-0.25, -0.2) is 9.59 Å². The largest absolute Gasteiger partial charge is 0.462 e. The lowest BCUT2D eigenvalue weighted by Crippen LogP contribution is -2.20. The maximum Gasteiger partial charge on any atom is 0.346 e. The summed E-state index contributed by atoms with van der Waals surface area (Å²) in [6.45, 7) is 5.43. The predicted octanol–water partition coefficient (Wildman–Crippen LogP) is 3.98. The highest BCUT2D eigenvalue weighted by Crippen LogP contribution is 2.24. The molecule has 0 saturated heterocycles. The Morgan fingerprint density at radius 3 is 2.14 bits per heavy atom. The summed E-state index contributed by atoms with van der Waals surface area (Å²) in [7, 11) is 1.86. The van der Waals surface area contributed by atoms with Crippen LogP contribution in [0.15, 0.2) is 65.2 Å². The van der Waals surface area contributed by atoms with Crippen LogP contribution < -0.4 is 5.32 Å². The second kappa shape index (κ2) is 10.2. The summed E-state index contributed by atoms with van der Waals surface area (Å²) >= 11 is 0. The van der Waals surface area contributed by atoms with Crippen LogP contribution in [0.3, 0.4) is 0 Å². The van der Waals surface area contributed by atoms with E-state index >= 15 is 0 Å². The molecule has 0 saturated carbocycles. The Morgan fingerprint density at radius 1 is 1.00 bits per heavy atom. The number of ether oxygens (including phenoxy) is 3. The molecule has 0 aromatic heterocycles. The van der Waals surface area contributed by atoms with Crippen molar-refractivity contribution in [2.24, 2.45) is 0 Å². The van der Waals surface area contributed by atoms with Gasteiger partial charge in [-0.1, -0.05) is 18.2 Å². The number of hydrogen-bond acceptors (Lipinski definition) is 6. The minimum absolute atomic E-state index is 0.143. The molecule has 6 nitrogen and oxygen atoms in total. The van der Waals surface area contributed by atoms with Crippen molar-refractivity contribution in [3.8, 4) is 0 Å². The van der Waals surface area contributed by atoms with Gasteiger partial charge in [-0.15, -0.1) is 0 Å². The van der Waals surface area contributed by atoms with E-state index in [-0.39, 0.29) is 18.8 Å². The first-order valence-electron chi connectivity index (χ1n) is 9.10. The first kappa shape index (κ1) is 21.0. The van der Waals surface area contributed by atoms with Gasteiger partial charge in [0.2, 0.25) is 0 Å². The molecule has 1 N–H and O–H groups in total. The van der Waals surface area contributed by atoms with E-state index in [2.05, 4.69) is 5.32 Å². The minimum atomic E-state index is -0.718. The zero-order chi connectivity index (χ0) is 20.5. The van der Waals surface area contributed by atoms with Gasteiger partial charge in [0.25, 0.3) is 0 Å². The van der Waals surface area contributed by atoms with Crippen LogP contribution in [0.5, 0.6) is 0 Å². The highest BCUT2D eigenvalue weighted by molar-refractivity contribution is 6.15. The van der Waals surface area contributed by atoms with Crippen molar-refractivity contribution in [2.75, 3.05) is 25.6 Å². The van der Waals surface area contributed by atoms with E-state index in [0.717, 1.165) is 11.3 Å². The molecule has 1 aromatic carbocycles. The van der Waals surface area contributed by atoms with Gasteiger partial charge < -0.3 is 19.5 Å². The van der Waals surface area contributed by atoms with E-state index in [1.165, 1.54) is 0 Å². The lowest BCUT2D eigenvalue weighted by atomic mass is 10.0. The molecule has 0 bridgehead atoms. The van der Waals surface area contributed by atoms with Crippen LogP contribution in [0.1, 0.15) is 26.3 Å². The number of hydrogen-bond donors (Lipinski definition) is 1. The molecule has 1 aromatic rings. The minimum Gasteiger partial charge on any atom is -0.462 e. The van der Waals surface area contributed by atoms with E-state index in [4.69, 9.17) is 14.2 Å². The second-order valence-electron chi connectivity index (χ2n) is 5.88. The van der Waals surface area contributed by atoms with Crippen LogP contribution in [0.2, 0.25) is 0 Å². The quantitative estimate of drug-likeness (QED) is 0.332. The Morgan fingerprint density at radius 2 is 1.61 bits per heavy atom. The van der Waals surface area contributed by atoms with Gasteiger partial charge in [-0.2, -0.15) is 0 Å². The Hall–Kier alpha value is -3.28. The molecule has 1 heterocycles. The maximum atomic E-state index is 12.3. The fourth-order valence-electron chi connectivity index (χ4n) is 2.55. The normalized spacial score (nSPS) is 13.4. The standard InChI is InChI=1S/C22H25NO5/c1-5-26-21(24)20(22(25)27-6-2)17-13-15(3)28-19(14-17)12-9-16-7-10-18(23-4)11-8-16/h7-14,23H,5-6H2,1-4H3. The van der Waals surface area contributed by atoms with E-state index in [0.29, 0.717) is 17.1 Å². The molecule has 0 unspecified atom stereocenters. The molecule has 148 valence electrons. The Balaban J connectivity index is 2.37. The molecule has 0 fully saturated rings. The summed E-state index contributed by atoms with van der Waals surface area (Å²) < 4.78 is 15.7. The van der Waals surface area contributed by atoms with Crippen LogP contribution in [-0.4, -0.2) is 32.2 Å². The van der Waals surface area contributed by atoms with Crippen molar-refractivity contribution in [3.05, 3.63) is 70.7 Å². The number of carbonyl (C=O) groups is 2. The van der Waals surface area contributed by atoms with Crippen LogP contribution in [-0.2, 0) is 23.8 Å². The number of esters is 2. The van der Waals surface area contributed by atoms with Gasteiger partial charge in [-0.05, 0) is 56.7 Å². The molecule has 28 heavy (non-hydrogen) atoms. The highest BCUT2D eigenvalue weighted by atomic mass is 16.6. The molecule has 0 aliphatic carbocycles. The van der Waals surface area contributed by atoms with E-state index in [1.54, 1.807) is 39.0 Å². The summed E-state index contributed by atoms with van der Waals surface area (Å²) in [4.78, 5) is 24.6. The molecule has 0 radical (unpaired) electrons. The third kappa shape index (κ3) is 5.61. The highest BCUT2D eigenvalue weighted by Gasteiger charge is 2.26. The van der Waals surface area contributed by atoms with Crippen molar-refractivity contribution in [3.63, 3.8) is 0 Å². The number of allylic oxidation sites excluding steroid dienone is 5. The van der Waals surface area contributed by atoms with Crippen LogP contribution in [0.25, 0.3) is 6.08 Å². The van der Waals surface area contributed by atoms with E-state index in [1.807, 2.05) is 37.4 Å². The van der Waals surface area contributed by atoms with E-state index in [9.17, 15) is 9.59 Å². The molecule has 2 rings (SSSR count). The summed E-state index contributed by atoms with van der Waals surface area (Å²) in [5.74, 6) is -0.388. The first-order chi connectivity index (χ1) is 13.5. The van der Waals surface area contributed by atoms with Crippen molar-refractivity contribution in [2.45, 2.75) is 20.8 Å². The SMILES string of the molecule is CCOC(=O)C(C(=O)OCC)=C1C=C(C)OC(C=Cc2ccc(NC)cc2)=C1. The number of anilines is 1. The average molecular weight is 383 g/mol. The molecule has 0 spiro atoms. The molecule has 0 atom stereocenters. The summed E-state index contributed by atoms with van der Waals surface area (Å²) in [5, 5.41) is 3.06. The lowest BCUT2D eigenvalue weighted by molar-refractivity contribution is -0.146. The Labute approximate surface area is 165 Å². The van der Waals surface area contributed by atoms with Crippen molar-refractivity contribution < 1.29 is 23.8 Å². The predicted molar refractivity (Wildman–Crippen MR) is 108 cm³/mol. The Bertz CT molecular complexity index is 824. The van der Waals surface area contributed by atoms with Gasteiger partial charge in [0, 0.05) is 18.3 Å². The van der Waals surface area contributed by atoms with Gasteiger partial charge in [0.15, 0.2) is 5.57 Å². The molecular weight excluding hydrogens is 358 g/mol. The van der Waals surface area contributed by atoms with Crippen molar-refractivity contribution in [1.82, 2.24) is 0 Å². The fraction of sp³-hybridized carbons (Fsp3) is 0.273. The first-order valence-corrected chi connectivity index (χ1v) is 9.10. The zero-order valence-electron chi connectivity index (χ0n) is 16.6. The van der Waals surface area contributed by atoms with Gasteiger partial charge in [0.05, 0.1) is 13.2 Å². The smallest absolute Gasteiger partial charge is 0.346 e. The number of benzene rings is 1. The number of rotatable bonds is 7. The zero-order valence-corrected chi connectivity index (χ0v) is 16.6. The number of nitrogens with one attached hydrogen (secondary N) is 1. The molecular formula is C22H25NO5. The van der Waals surface area contributed by atoms with Crippen molar-refractivity contribution in [1.29, 1.82) is 0 Å². The molecule has 1 aliphatic rings. The summed E-state index contributed by atoms with van der Waals surface area (Å²) in [6.07, 6.45) is 6.89. The third-order valence-electron chi connectivity index (χ3n) is 3.82. The molecule has 0 amide bonds. The van der Waals surface area contributed by atoms with Crippen LogP contribution >= 0.6 is 0 Å². The van der Waals surface area contributed by atoms with E-state index < -0.39 is 11.9 Å². The fourth-order valence-corrected chi connectivity index (χ4v) is 2.55. The average Bonchev–Trinajstić information content (AvgIpc) is 2.67. The van der Waals surface area contributed by atoms with Crippen LogP contribution in [0, 0.1) is 0 Å². The third-order valence-corrected chi connectivity index (χ3v) is 3.82. The molecule has 1 aliphatic heterocycles. The monoisotopic (exact) mass is 383 g/mol. The van der Waals surface area contributed by atoms with Gasteiger partial charge >= 0.3 is 11.9 Å². The van der Waals surface area contributed by atoms with Gasteiger partial charge in [-0.3, -0.25) is 0 Å². The molecule has 6 heteroatoms. The van der Waals surface area contributed by atoms with Gasteiger partial charge in [0.1, 0.15) is 11.5 Å². The van der Waals surface area contributed by atoms with Crippen LogP contribution in [0.4, 0.5) is 5.69 Å². The summed E-state index contributed by atoms with van der Waals surface area (Å²) in [5.41, 5.74) is 2.25. The topological polar surface area (TPSA) is 73.9 Å². The lowest BCUT2D eigenvalue weighted by Gasteiger charge is -2.16. The van der Waals surface area contributed by atoms with Crippen molar-refractivity contribution >= 4 is 23.7 Å². The number of carbonyl (C=O) groups excluding carboxylic acids is 2. The maximum absolute atomic E-state index is 12.3. The second-order valence-corrected chi connectivity index (χ2v) is 5.88. The Kier molecular flexibility index (Phi) is 7.63.